The molecule has 0 aromatic rings. The van der Waals surface area contributed by atoms with Gasteiger partial charge in [-0.1, -0.05) is 136 Å². The van der Waals surface area contributed by atoms with Gasteiger partial charge in [0.2, 0.25) is 0 Å². The molecule has 3 saturated carbocycles. The second-order valence-corrected chi connectivity index (χ2v) is 21.1. The molecule has 1 heterocycles. The van der Waals surface area contributed by atoms with Crippen molar-refractivity contribution < 1.29 is 34.3 Å². The van der Waals surface area contributed by atoms with Gasteiger partial charge in [-0.2, -0.15) is 0 Å². The standard InChI is InChI=1S/C53H90O7/c1-8-10-11-12-13-14-15-16-17-18-19-20-21-22-23-24-47(54)58-36-46-48(55)49(56)50(57)51(60-46)59-41-31-33-52(6)40(35-41)27-28-42-44-30-29-43(53(44,7)34-32-45(42)52)38(5)25-26-39(9-2)37(3)4/h16-17,25-27,37-39,41-46,48-51,55-57H,8-15,18-24,28-36H2,1-7H3/b17-16-,26-25+. The lowest BCUT2D eigenvalue weighted by atomic mass is 9.47. The number of aliphatic hydroxyl groups excluding tert-OH is 3. The number of fused-ring (bicyclic) bond motifs is 5. The Morgan fingerprint density at radius 1 is 0.817 bits per heavy atom. The lowest BCUT2D eigenvalue weighted by Crippen LogP contribution is -2.60. The van der Waals surface area contributed by atoms with Crippen molar-refractivity contribution in [3.63, 3.8) is 0 Å². The molecule has 0 spiro atoms. The molecular weight excluding hydrogens is 749 g/mol. The number of ether oxygens (including phenoxy) is 3. The summed E-state index contributed by atoms with van der Waals surface area (Å²) in [7, 11) is 0. The van der Waals surface area contributed by atoms with Crippen molar-refractivity contribution in [1.29, 1.82) is 0 Å². The number of carbonyl (C=O) groups is 1. The van der Waals surface area contributed by atoms with Gasteiger partial charge in [-0.3, -0.25) is 4.79 Å². The van der Waals surface area contributed by atoms with E-state index in [0.717, 1.165) is 75.5 Å². The average molecular weight is 839 g/mol. The minimum atomic E-state index is -1.45. The van der Waals surface area contributed by atoms with E-state index in [1.54, 1.807) is 0 Å². The second-order valence-electron chi connectivity index (χ2n) is 21.1. The van der Waals surface area contributed by atoms with Gasteiger partial charge in [0.15, 0.2) is 6.29 Å². The van der Waals surface area contributed by atoms with Gasteiger partial charge in [-0.05, 0) is 142 Å². The molecule has 7 heteroatoms. The topological polar surface area (TPSA) is 105 Å². The summed E-state index contributed by atoms with van der Waals surface area (Å²) in [6.07, 6.45) is 32.1. The van der Waals surface area contributed by atoms with Gasteiger partial charge in [0, 0.05) is 6.42 Å². The summed E-state index contributed by atoms with van der Waals surface area (Å²) in [4.78, 5) is 12.6. The monoisotopic (exact) mass is 839 g/mol. The molecule has 0 aromatic carbocycles. The molecule has 5 rings (SSSR count). The van der Waals surface area contributed by atoms with E-state index in [9.17, 15) is 20.1 Å². The second kappa shape index (κ2) is 24.0. The van der Waals surface area contributed by atoms with Gasteiger partial charge >= 0.3 is 5.97 Å². The molecule has 0 amide bonds. The summed E-state index contributed by atoms with van der Waals surface area (Å²) in [5.74, 6) is 4.60. The number of carbonyl (C=O) groups excluding carboxylic acids is 1. The fourth-order valence-electron chi connectivity index (χ4n) is 12.9. The predicted octanol–water partition coefficient (Wildman–Crippen LogP) is 12.2. The Bertz CT molecular complexity index is 1370. The van der Waals surface area contributed by atoms with Crippen LogP contribution in [0.5, 0.6) is 0 Å². The van der Waals surface area contributed by atoms with Crippen LogP contribution in [0.2, 0.25) is 0 Å². The van der Waals surface area contributed by atoms with E-state index in [2.05, 4.69) is 78.8 Å². The molecule has 0 bridgehead atoms. The molecule has 1 saturated heterocycles. The fourth-order valence-corrected chi connectivity index (χ4v) is 12.9. The Kier molecular flexibility index (Phi) is 19.8. The maximum absolute atomic E-state index is 12.6. The third-order valence-electron chi connectivity index (χ3n) is 16.8. The van der Waals surface area contributed by atoms with Crippen molar-refractivity contribution >= 4 is 5.97 Å². The summed E-state index contributed by atoms with van der Waals surface area (Å²) in [5, 5.41) is 32.5. The van der Waals surface area contributed by atoms with Crippen molar-refractivity contribution in [3.8, 4) is 0 Å². The molecule has 0 aromatic heterocycles. The Labute approximate surface area is 367 Å². The zero-order valence-corrected chi connectivity index (χ0v) is 39.3. The minimum Gasteiger partial charge on any atom is -0.463 e. The van der Waals surface area contributed by atoms with Gasteiger partial charge in [0.1, 0.15) is 31.0 Å². The first-order valence-electron chi connectivity index (χ1n) is 25.4. The third-order valence-corrected chi connectivity index (χ3v) is 16.8. The van der Waals surface area contributed by atoms with Crippen molar-refractivity contribution in [1.82, 2.24) is 0 Å². The molecular formula is C53H90O7. The summed E-state index contributed by atoms with van der Waals surface area (Å²) in [6.45, 7) is 16.7. The number of hydrogen-bond donors (Lipinski definition) is 3. The van der Waals surface area contributed by atoms with Crippen LogP contribution in [0.25, 0.3) is 0 Å². The van der Waals surface area contributed by atoms with Crippen LogP contribution in [0, 0.1) is 52.3 Å². The highest BCUT2D eigenvalue weighted by Gasteiger charge is 2.59. The predicted molar refractivity (Wildman–Crippen MR) is 244 cm³/mol. The van der Waals surface area contributed by atoms with Gasteiger partial charge in [-0.15, -0.1) is 0 Å². The van der Waals surface area contributed by atoms with E-state index < -0.39 is 30.7 Å². The van der Waals surface area contributed by atoms with Crippen molar-refractivity contribution in [2.24, 2.45) is 52.3 Å². The fraction of sp³-hybridized carbons (Fsp3) is 0.868. The zero-order valence-electron chi connectivity index (χ0n) is 39.3. The first-order valence-corrected chi connectivity index (χ1v) is 25.4. The third kappa shape index (κ3) is 12.6. The van der Waals surface area contributed by atoms with Crippen molar-refractivity contribution in [2.45, 2.75) is 233 Å². The molecule has 5 aliphatic rings. The minimum absolute atomic E-state index is 0.151. The van der Waals surface area contributed by atoms with E-state index in [1.807, 2.05) is 0 Å². The molecule has 4 aliphatic carbocycles. The summed E-state index contributed by atoms with van der Waals surface area (Å²) in [6, 6.07) is 0. The molecule has 344 valence electrons. The van der Waals surface area contributed by atoms with Crippen LogP contribution >= 0.6 is 0 Å². The number of aliphatic hydroxyl groups is 3. The molecule has 14 unspecified atom stereocenters. The van der Waals surface area contributed by atoms with Crippen LogP contribution in [0.4, 0.5) is 0 Å². The first-order chi connectivity index (χ1) is 28.8. The molecule has 3 N–H and O–H groups in total. The van der Waals surface area contributed by atoms with Crippen LogP contribution in [0.1, 0.15) is 196 Å². The number of esters is 1. The molecule has 60 heavy (non-hydrogen) atoms. The lowest BCUT2D eigenvalue weighted by molar-refractivity contribution is -0.313. The Morgan fingerprint density at radius 3 is 2.18 bits per heavy atom. The smallest absolute Gasteiger partial charge is 0.305 e. The van der Waals surface area contributed by atoms with E-state index in [4.69, 9.17) is 14.2 Å². The SMILES string of the molecule is CCCCCCCC/C=C\CCCCCCCC(=O)OCC1OC(OC2CCC3(C)C(=CCC4C3CCC3(C)C(C(C)/C=C/C(CC)C(C)C)CCC43)C2)C(O)C(O)C1O. The lowest BCUT2D eigenvalue weighted by Gasteiger charge is -2.58. The summed E-state index contributed by atoms with van der Waals surface area (Å²) >= 11 is 0. The Hall–Kier alpha value is -1.51. The highest BCUT2D eigenvalue weighted by Crippen LogP contribution is 2.67. The molecule has 4 fully saturated rings. The maximum Gasteiger partial charge on any atom is 0.305 e. The Balaban J connectivity index is 1.03. The van der Waals surface area contributed by atoms with Crippen LogP contribution in [0.15, 0.2) is 36.0 Å². The highest BCUT2D eigenvalue weighted by atomic mass is 16.7. The zero-order chi connectivity index (χ0) is 43.3. The van der Waals surface area contributed by atoms with Crippen molar-refractivity contribution in [3.05, 3.63) is 36.0 Å². The summed E-state index contributed by atoms with van der Waals surface area (Å²) in [5.41, 5.74) is 2.05. The highest BCUT2D eigenvalue weighted by molar-refractivity contribution is 5.69. The quantitative estimate of drug-likeness (QED) is 0.0505. The number of allylic oxidation sites excluding steroid dienone is 5. The maximum atomic E-state index is 12.6. The number of unbranched alkanes of at least 4 members (excludes halogenated alkanes) is 11. The average Bonchev–Trinajstić information content (AvgIpc) is 3.59. The Morgan fingerprint density at radius 2 is 1.50 bits per heavy atom. The van der Waals surface area contributed by atoms with Gasteiger partial charge in [-0.25, -0.2) is 0 Å². The summed E-state index contributed by atoms with van der Waals surface area (Å²) < 4.78 is 18.0. The molecule has 0 radical (unpaired) electrons. The molecule has 7 nitrogen and oxygen atoms in total. The molecule has 1 aliphatic heterocycles. The van der Waals surface area contributed by atoms with Crippen LogP contribution in [-0.4, -0.2) is 64.7 Å². The van der Waals surface area contributed by atoms with Crippen LogP contribution in [0.3, 0.4) is 0 Å². The van der Waals surface area contributed by atoms with Crippen LogP contribution in [-0.2, 0) is 19.0 Å². The largest absolute Gasteiger partial charge is 0.463 e. The van der Waals surface area contributed by atoms with Gasteiger partial charge < -0.3 is 29.5 Å². The van der Waals surface area contributed by atoms with Crippen LogP contribution < -0.4 is 0 Å². The van der Waals surface area contributed by atoms with E-state index >= 15 is 0 Å². The molecule has 14 atom stereocenters. The van der Waals surface area contributed by atoms with E-state index in [-0.39, 0.29) is 24.1 Å². The normalized spacial score (nSPS) is 36.5. The van der Waals surface area contributed by atoms with E-state index in [0.29, 0.717) is 35.5 Å². The van der Waals surface area contributed by atoms with Gasteiger partial charge in [0.05, 0.1) is 6.10 Å². The van der Waals surface area contributed by atoms with E-state index in [1.165, 1.54) is 89.0 Å². The first kappa shape index (κ1) is 49.5. The number of rotatable bonds is 24. The van der Waals surface area contributed by atoms with Gasteiger partial charge in [0.25, 0.3) is 0 Å². The van der Waals surface area contributed by atoms with Crippen molar-refractivity contribution in [2.75, 3.05) is 6.61 Å². The number of hydrogen-bond acceptors (Lipinski definition) is 7.